The van der Waals surface area contributed by atoms with E-state index in [0.717, 1.165) is 11.3 Å². The number of benzene rings is 2. The summed E-state index contributed by atoms with van der Waals surface area (Å²) in [6, 6.07) is 18.4. The second-order valence-electron chi connectivity index (χ2n) is 6.12. The SMILES string of the molecule is C[P@@]1Cc2ccccc2[C@H]1[C@@H]1c2ccccc2C[P@]1C. The van der Waals surface area contributed by atoms with E-state index in [-0.39, 0.29) is 15.8 Å². The zero-order valence-corrected chi connectivity index (χ0v) is 13.9. The number of hydrogen-bond acceptors (Lipinski definition) is 0. The molecule has 0 N–H and O–H groups in total. The number of hydrogen-bond donors (Lipinski definition) is 0. The maximum Gasteiger partial charge on any atom is 0.0153 e. The van der Waals surface area contributed by atoms with Crippen molar-refractivity contribution in [3.8, 4) is 0 Å². The molecule has 2 aromatic carbocycles. The van der Waals surface area contributed by atoms with Gasteiger partial charge in [-0.15, -0.1) is 0 Å². The van der Waals surface area contributed by atoms with Crippen molar-refractivity contribution in [2.45, 2.75) is 23.6 Å². The van der Waals surface area contributed by atoms with Gasteiger partial charge in [-0.3, -0.25) is 0 Å². The van der Waals surface area contributed by atoms with Crippen LogP contribution in [0.3, 0.4) is 0 Å². The summed E-state index contributed by atoms with van der Waals surface area (Å²) < 4.78 is 0. The lowest BCUT2D eigenvalue weighted by Crippen LogP contribution is -2.03. The van der Waals surface area contributed by atoms with Crippen LogP contribution in [0.25, 0.3) is 0 Å². The first kappa shape index (κ1) is 13.0. The summed E-state index contributed by atoms with van der Waals surface area (Å²) in [5.74, 6) is 0. The van der Waals surface area contributed by atoms with Crippen molar-refractivity contribution in [1.29, 1.82) is 0 Å². The molecule has 0 aliphatic carbocycles. The van der Waals surface area contributed by atoms with E-state index in [0.29, 0.717) is 0 Å². The van der Waals surface area contributed by atoms with Crippen LogP contribution in [0, 0.1) is 0 Å². The topological polar surface area (TPSA) is 0 Å². The van der Waals surface area contributed by atoms with Gasteiger partial charge in [0.2, 0.25) is 0 Å². The van der Waals surface area contributed by atoms with Gasteiger partial charge in [-0.1, -0.05) is 64.4 Å². The van der Waals surface area contributed by atoms with E-state index in [2.05, 4.69) is 61.9 Å². The van der Waals surface area contributed by atoms with Crippen molar-refractivity contribution in [3.63, 3.8) is 0 Å². The van der Waals surface area contributed by atoms with Crippen LogP contribution in [-0.4, -0.2) is 13.3 Å². The highest BCUT2D eigenvalue weighted by molar-refractivity contribution is 7.61. The maximum absolute atomic E-state index is 2.52. The molecule has 0 saturated heterocycles. The Hall–Kier alpha value is -0.700. The molecule has 0 unspecified atom stereocenters. The number of rotatable bonds is 1. The van der Waals surface area contributed by atoms with E-state index in [9.17, 15) is 0 Å². The van der Waals surface area contributed by atoms with Crippen LogP contribution >= 0.6 is 15.8 Å². The summed E-state index contributed by atoms with van der Waals surface area (Å²) in [6.45, 7) is 5.04. The van der Waals surface area contributed by atoms with Gasteiger partial charge in [-0.2, -0.15) is 0 Å². The summed E-state index contributed by atoms with van der Waals surface area (Å²) in [6.07, 6.45) is 2.66. The molecule has 2 aliphatic rings. The fraction of sp³-hybridized carbons (Fsp3) is 0.333. The molecule has 0 bridgehead atoms. The van der Waals surface area contributed by atoms with Gasteiger partial charge in [0.25, 0.3) is 0 Å². The van der Waals surface area contributed by atoms with Gasteiger partial charge >= 0.3 is 0 Å². The molecule has 4 rings (SSSR count). The molecule has 2 heteroatoms. The van der Waals surface area contributed by atoms with Crippen LogP contribution in [-0.2, 0) is 12.3 Å². The van der Waals surface area contributed by atoms with Crippen molar-refractivity contribution in [1.82, 2.24) is 0 Å². The highest BCUT2D eigenvalue weighted by atomic mass is 31.1. The van der Waals surface area contributed by atoms with Crippen LogP contribution in [0.15, 0.2) is 48.5 Å². The van der Waals surface area contributed by atoms with Crippen LogP contribution in [0.1, 0.15) is 33.6 Å². The van der Waals surface area contributed by atoms with Gasteiger partial charge in [0.15, 0.2) is 0 Å². The molecule has 2 aliphatic heterocycles. The highest BCUT2D eigenvalue weighted by Crippen LogP contribution is 2.73. The molecule has 0 fully saturated rings. The third-order valence-electron chi connectivity index (χ3n) is 4.84. The van der Waals surface area contributed by atoms with E-state index < -0.39 is 0 Å². The van der Waals surface area contributed by atoms with Crippen LogP contribution in [0.4, 0.5) is 0 Å². The summed E-state index contributed by atoms with van der Waals surface area (Å²) in [7, 11) is 0.198. The quantitative estimate of drug-likeness (QED) is 0.591. The van der Waals surface area contributed by atoms with Gasteiger partial charge in [-0.05, 0) is 47.9 Å². The Bertz CT molecular complexity index is 592. The average molecular weight is 298 g/mol. The van der Waals surface area contributed by atoms with Crippen molar-refractivity contribution >= 4 is 15.8 Å². The van der Waals surface area contributed by atoms with Crippen LogP contribution in [0.5, 0.6) is 0 Å². The minimum Gasteiger partial charge on any atom is -0.0967 e. The predicted octanol–water partition coefficient (Wildman–Crippen LogP) is 5.72. The molecule has 0 saturated carbocycles. The zero-order valence-electron chi connectivity index (χ0n) is 12.1. The van der Waals surface area contributed by atoms with Crippen molar-refractivity contribution in [2.24, 2.45) is 0 Å². The molecule has 20 heavy (non-hydrogen) atoms. The third-order valence-corrected chi connectivity index (χ3v) is 9.80. The highest BCUT2D eigenvalue weighted by Gasteiger charge is 2.41. The number of fused-ring (bicyclic) bond motifs is 2. The van der Waals surface area contributed by atoms with E-state index in [4.69, 9.17) is 0 Å². The van der Waals surface area contributed by atoms with E-state index in [1.807, 2.05) is 0 Å². The van der Waals surface area contributed by atoms with Crippen LogP contribution < -0.4 is 0 Å². The Morgan fingerprint density at radius 1 is 0.700 bits per heavy atom. The molecular formula is C18H20P2. The average Bonchev–Trinajstić information content (AvgIpc) is 2.94. The van der Waals surface area contributed by atoms with Gasteiger partial charge in [0, 0.05) is 11.3 Å². The third kappa shape index (κ3) is 1.89. The first-order chi connectivity index (χ1) is 9.75. The van der Waals surface area contributed by atoms with Gasteiger partial charge in [0.05, 0.1) is 0 Å². The minimum absolute atomic E-state index is 0.0988. The zero-order chi connectivity index (χ0) is 13.7. The Labute approximate surface area is 124 Å². The Kier molecular flexibility index (Phi) is 3.21. The normalized spacial score (nSPS) is 31.1. The van der Waals surface area contributed by atoms with Gasteiger partial charge in [-0.25, -0.2) is 0 Å². The van der Waals surface area contributed by atoms with Crippen molar-refractivity contribution in [2.75, 3.05) is 13.3 Å². The second kappa shape index (κ2) is 4.94. The monoisotopic (exact) mass is 298 g/mol. The van der Waals surface area contributed by atoms with Gasteiger partial charge in [0.1, 0.15) is 0 Å². The first-order valence-corrected chi connectivity index (χ1v) is 11.4. The summed E-state index contributed by atoms with van der Waals surface area (Å²) >= 11 is 0. The van der Waals surface area contributed by atoms with E-state index >= 15 is 0 Å². The fourth-order valence-corrected chi connectivity index (χ4v) is 10.1. The van der Waals surface area contributed by atoms with E-state index in [1.165, 1.54) is 12.3 Å². The molecule has 4 atom stereocenters. The Balaban J connectivity index is 1.82. The molecule has 0 radical (unpaired) electrons. The molecule has 102 valence electrons. The molecule has 2 aromatic rings. The Morgan fingerprint density at radius 2 is 1.10 bits per heavy atom. The standard InChI is InChI=1S/C18H20P2/c1-19-11-13-7-3-5-9-15(13)17(19)18-16-10-6-4-8-14(16)12-20(18)2/h3-10,17-18H,11-12H2,1-2H3/t17-,18-,19-,20-/m0/s1. The predicted molar refractivity (Wildman–Crippen MR) is 91.5 cm³/mol. The summed E-state index contributed by atoms with van der Waals surface area (Å²) in [5.41, 5.74) is 8.19. The Morgan fingerprint density at radius 3 is 1.55 bits per heavy atom. The molecule has 2 heterocycles. The molecule has 0 amide bonds. The first-order valence-electron chi connectivity index (χ1n) is 7.32. The molecule has 0 aromatic heterocycles. The van der Waals surface area contributed by atoms with Crippen LogP contribution in [0.2, 0.25) is 0 Å². The smallest absolute Gasteiger partial charge is 0.0153 e. The maximum atomic E-state index is 2.52. The minimum atomic E-state index is 0.0988. The largest absolute Gasteiger partial charge is 0.0967 e. The van der Waals surface area contributed by atoms with Gasteiger partial charge < -0.3 is 0 Å². The summed E-state index contributed by atoms with van der Waals surface area (Å²) in [5, 5.41) is 0. The van der Waals surface area contributed by atoms with Crippen molar-refractivity contribution < 1.29 is 0 Å². The summed E-state index contributed by atoms with van der Waals surface area (Å²) in [4.78, 5) is 0. The molecule has 0 spiro atoms. The lowest BCUT2D eigenvalue weighted by Gasteiger charge is -2.29. The van der Waals surface area contributed by atoms with E-state index in [1.54, 1.807) is 22.3 Å². The second-order valence-corrected chi connectivity index (χ2v) is 10.9. The lowest BCUT2D eigenvalue weighted by atomic mass is 9.98. The van der Waals surface area contributed by atoms with Crippen molar-refractivity contribution in [3.05, 3.63) is 70.8 Å². The molecule has 0 nitrogen and oxygen atoms in total. The lowest BCUT2D eigenvalue weighted by molar-refractivity contribution is 0.900. The molecular weight excluding hydrogens is 278 g/mol. The fourth-order valence-electron chi connectivity index (χ4n) is 3.96.